The van der Waals surface area contributed by atoms with Crippen LogP contribution >= 0.6 is 0 Å². The van der Waals surface area contributed by atoms with Gasteiger partial charge in [-0.15, -0.1) is 0 Å². The number of ether oxygens (including phenoxy) is 2. The second-order valence-corrected chi connectivity index (χ2v) is 9.10. The molecule has 0 saturated heterocycles. The van der Waals surface area contributed by atoms with Gasteiger partial charge in [0.15, 0.2) is 0 Å². The Bertz CT molecular complexity index is 1300. The summed E-state index contributed by atoms with van der Waals surface area (Å²) in [6, 6.07) is 11.3. The van der Waals surface area contributed by atoms with Crippen LogP contribution < -0.4 is 4.74 Å². The van der Waals surface area contributed by atoms with E-state index in [-0.39, 0.29) is 5.82 Å². The van der Waals surface area contributed by atoms with Crippen molar-refractivity contribution in [3.63, 3.8) is 0 Å². The normalized spacial score (nSPS) is 18.5. The summed E-state index contributed by atoms with van der Waals surface area (Å²) >= 11 is 0. The van der Waals surface area contributed by atoms with Gasteiger partial charge in [0.1, 0.15) is 23.2 Å². The third kappa shape index (κ3) is 4.09. The van der Waals surface area contributed by atoms with Gasteiger partial charge in [-0.1, -0.05) is 11.2 Å². The molecule has 0 N–H and O–H groups in total. The number of benzene rings is 2. The lowest BCUT2D eigenvalue weighted by molar-refractivity contribution is 0.0586. The molecule has 6 nitrogen and oxygen atoms in total. The summed E-state index contributed by atoms with van der Waals surface area (Å²) in [4.78, 5) is 5.06. The van der Waals surface area contributed by atoms with Crippen LogP contribution in [0, 0.1) is 19.7 Å². The molecular weight excluding hydrogens is 433 g/mol. The average Bonchev–Trinajstić information content (AvgIpc) is 3.37. The molecule has 0 unspecified atom stereocenters. The zero-order valence-corrected chi connectivity index (χ0v) is 20.1. The highest BCUT2D eigenvalue weighted by molar-refractivity contribution is 5.84. The average molecular weight is 464 g/mol. The summed E-state index contributed by atoms with van der Waals surface area (Å²) in [6.45, 7) is 3.87. The molecule has 2 heterocycles. The third-order valence-corrected chi connectivity index (χ3v) is 7.02. The predicted octanol–water partition coefficient (Wildman–Crippen LogP) is 6.18. The summed E-state index contributed by atoms with van der Waals surface area (Å²) in [7, 11) is 3.40. The van der Waals surface area contributed by atoms with E-state index in [9.17, 15) is 4.39 Å². The van der Waals surface area contributed by atoms with Gasteiger partial charge >= 0.3 is 0 Å². The standard InChI is InChI=1S/C27H30FN3O3/c1-16-27(17(2)34-30-16)18-5-11-24-23(14-18)29-26(15-19-13-20(28)6-12-25(19)33-4)31(24)21-7-9-22(32-3)10-8-21/h5-6,11-14,21-22H,7-10,15H2,1-4H3. The Morgan fingerprint density at radius 1 is 1.06 bits per heavy atom. The molecule has 0 spiro atoms. The highest BCUT2D eigenvalue weighted by atomic mass is 19.1. The van der Waals surface area contributed by atoms with E-state index in [1.807, 2.05) is 13.8 Å². The molecule has 4 aromatic rings. The van der Waals surface area contributed by atoms with Gasteiger partial charge in [-0.2, -0.15) is 0 Å². The van der Waals surface area contributed by atoms with Gasteiger partial charge in [0.25, 0.3) is 0 Å². The molecule has 34 heavy (non-hydrogen) atoms. The topological polar surface area (TPSA) is 62.3 Å². The minimum Gasteiger partial charge on any atom is -0.496 e. The third-order valence-electron chi connectivity index (χ3n) is 7.02. The van der Waals surface area contributed by atoms with Crippen LogP contribution in [0.2, 0.25) is 0 Å². The molecule has 1 fully saturated rings. The zero-order valence-electron chi connectivity index (χ0n) is 20.1. The van der Waals surface area contributed by atoms with Crippen molar-refractivity contribution >= 4 is 11.0 Å². The van der Waals surface area contributed by atoms with Crippen LogP contribution in [0.1, 0.15) is 54.6 Å². The number of fused-ring (bicyclic) bond motifs is 1. The second kappa shape index (κ2) is 9.22. The quantitative estimate of drug-likeness (QED) is 0.342. The highest BCUT2D eigenvalue weighted by Crippen LogP contribution is 2.37. The number of methoxy groups -OCH3 is 2. The van der Waals surface area contributed by atoms with Crippen LogP contribution in [0.5, 0.6) is 5.75 Å². The fourth-order valence-electron chi connectivity index (χ4n) is 5.33. The van der Waals surface area contributed by atoms with Crippen molar-refractivity contribution in [3.8, 4) is 16.9 Å². The summed E-state index contributed by atoms with van der Waals surface area (Å²) in [5, 5.41) is 4.11. The minimum atomic E-state index is -0.278. The van der Waals surface area contributed by atoms with Crippen LogP contribution in [0.3, 0.4) is 0 Å². The van der Waals surface area contributed by atoms with E-state index in [2.05, 4.69) is 27.9 Å². The van der Waals surface area contributed by atoms with Crippen LogP contribution in [0.25, 0.3) is 22.2 Å². The molecule has 0 bridgehead atoms. The van der Waals surface area contributed by atoms with Crippen LogP contribution in [-0.2, 0) is 11.2 Å². The van der Waals surface area contributed by atoms with Gasteiger partial charge in [0.2, 0.25) is 0 Å². The lowest BCUT2D eigenvalue weighted by Crippen LogP contribution is -2.23. The van der Waals surface area contributed by atoms with E-state index >= 15 is 0 Å². The van der Waals surface area contributed by atoms with Gasteiger partial charge in [-0.05, 0) is 75.4 Å². The first-order chi connectivity index (χ1) is 16.5. The maximum absolute atomic E-state index is 14.1. The van der Waals surface area contributed by atoms with E-state index < -0.39 is 0 Å². The molecule has 5 rings (SSSR count). The van der Waals surface area contributed by atoms with Crippen molar-refractivity contribution in [3.05, 3.63) is 65.1 Å². The predicted molar refractivity (Wildman–Crippen MR) is 129 cm³/mol. The number of aromatic nitrogens is 3. The largest absolute Gasteiger partial charge is 0.496 e. The molecule has 178 valence electrons. The van der Waals surface area contributed by atoms with E-state index in [4.69, 9.17) is 19.0 Å². The van der Waals surface area contributed by atoms with Gasteiger partial charge in [0.05, 0.1) is 29.9 Å². The lowest BCUT2D eigenvalue weighted by atomic mass is 9.92. The van der Waals surface area contributed by atoms with Crippen LogP contribution in [0.15, 0.2) is 40.9 Å². The van der Waals surface area contributed by atoms with Gasteiger partial charge < -0.3 is 18.6 Å². The highest BCUT2D eigenvalue weighted by Gasteiger charge is 2.26. The maximum atomic E-state index is 14.1. The second-order valence-electron chi connectivity index (χ2n) is 9.10. The van der Waals surface area contributed by atoms with Crippen LogP contribution in [-0.4, -0.2) is 35.0 Å². The first-order valence-electron chi connectivity index (χ1n) is 11.8. The minimum absolute atomic E-state index is 0.278. The Kier molecular flexibility index (Phi) is 6.13. The molecule has 1 aliphatic rings. The molecule has 7 heteroatoms. The summed E-state index contributed by atoms with van der Waals surface area (Å²) in [5.41, 5.74) is 5.68. The lowest BCUT2D eigenvalue weighted by Gasteiger charge is -2.30. The van der Waals surface area contributed by atoms with Crippen molar-refractivity contribution < 1.29 is 18.4 Å². The molecule has 2 aromatic heterocycles. The first kappa shape index (κ1) is 22.6. The SMILES string of the molecule is COc1ccc(F)cc1Cc1nc2cc(-c3c(C)noc3C)ccc2n1C1CCC(OC)CC1. The van der Waals surface area contributed by atoms with Crippen molar-refractivity contribution in [2.45, 2.75) is 58.1 Å². The number of imidazole rings is 1. The van der Waals surface area contributed by atoms with E-state index in [1.165, 1.54) is 6.07 Å². The van der Waals surface area contributed by atoms with Crippen molar-refractivity contribution in [1.82, 2.24) is 14.7 Å². The Morgan fingerprint density at radius 3 is 2.53 bits per heavy atom. The Balaban J connectivity index is 1.61. The summed E-state index contributed by atoms with van der Waals surface area (Å²) < 4.78 is 33.0. The molecule has 0 aliphatic heterocycles. The molecule has 0 radical (unpaired) electrons. The number of nitrogens with zero attached hydrogens (tertiary/aromatic N) is 3. The summed E-state index contributed by atoms with van der Waals surface area (Å²) in [5.74, 6) is 2.09. The monoisotopic (exact) mass is 463 g/mol. The van der Waals surface area contributed by atoms with Gasteiger partial charge in [-0.25, -0.2) is 9.37 Å². The molecule has 0 atom stereocenters. The number of halogens is 1. The molecule has 2 aromatic carbocycles. The fourth-order valence-corrected chi connectivity index (χ4v) is 5.33. The number of hydrogen-bond donors (Lipinski definition) is 0. The number of aryl methyl sites for hydroxylation is 2. The smallest absolute Gasteiger partial charge is 0.141 e. The van der Waals surface area contributed by atoms with Crippen molar-refractivity contribution in [2.75, 3.05) is 14.2 Å². The van der Waals surface area contributed by atoms with E-state index in [1.54, 1.807) is 26.4 Å². The van der Waals surface area contributed by atoms with E-state index in [0.717, 1.165) is 70.7 Å². The number of rotatable bonds is 6. The fraction of sp³-hybridized carbons (Fsp3) is 0.407. The Morgan fingerprint density at radius 2 is 1.85 bits per heavy atom. The summed E-state index contributed by atoms with van der Waals surface area (Å²) in [6.07, 6.45) is 4.86. The molecule has 1 aliphatic carbocycles. The molecular formula is C27H30FN3O3. The Hall–Kier alpha value is -3.19. The van der Waals surface area contributed by atoms with Crippen molar-refractivity contribution in [2.24, 2.45) is 0 Å². The zero-order chi connectivity index (χ0) is 23.8. The van der Waals surface area contributed by atoms with Crippen LogP contribution in [0.4, 0.5) is 4.39 Å². The number of hydrogen-bond acceptors (Lipinski definition) is 5. The molecule has 0 amide bonds. The van der Waals surface area contributed by atoms with Gasteiger partial charge in [-0.3, -0.25) is 0 Å². The first-order valence-corrected chi connectivity index (χ1v) is 11.8. The maximum Gasteiger partial charge on any atom is 0.141 e. The van der Waals surface area contributed by atoms with Crippen molar-refractivity contribution in [1.29, 1.82) is 0 Å². The molecule has 1 saturated carbocycles. The van der Waals surface area contributed by atoms with Gasteiger partial charge in [0, 0.05) is 30.7 Å². The Labute approximate surface area is 198 Å². The van der Waals surface area contributed by atoms with E-state index in [0.29, 0.717) is 24.3 Å².